The smallest absolute Gasteiger partial charge is 0.0661 e. The van der Waals surface area contributed by atoms with Crippen LogP contribution in [-0.2, 0) is 4.74 Å². The van der Waals surface area contributed by atoms with Crippen molar-refractivity contribution < 1.29 is 4.74 Å². The summed E-state index contributed by atoms with van der Waals surface area (Å²) in [6.45, 7) is 5.58. The third-order valence-corrected chi connectivity index (χ3v) is 2.76. The van der Waals surface area contributed by atoms with Gasteiger partial charge in [-0.25, -0.2) is 0 Å². The van der Waals surface area contributed by atoms with E-state index in [1.807, 2.05) is 14.0 Å². The van der Waals surface area contributed by atoms with E-state index in [1.54, 1.807) is 0 Å². The van der Waals surface area contributed by atoms with Crippen LogP contribution in [-0.4, -0.2) is 20.3 Å². The second-order valence-electron chi connectivity index (χ2n) is 3.56. The first kappa shape index (κ1) is 12.7. The highest BCUT2D eigenvalue weighted by atomic mass is 79.9. The minimum atomic E-state index is 0.265. The zero-order valence-electron chi connectivity index (χ0n) is 9.51. The molecule has 0 amide bonds. The first-order valence-corrected chi connectivity index (χ1v) is 5.98. The van der Waals surface area contributed by atoms with Crippen molar-refractivity contribution in [3.63, 3.8) is 0 Å². The topological polar surface area (TPSA) is 21.3 Å². The van der Waals surface area contributed by atoms with Crippen molar-refractivity contribution in [1.29, 1.82) is 0 Å². The standard InChI is InChI=1S/C12H18BrNO/c1-4-15-8-12(14-3)10-5-9(2)6-11(13)7-10/h5-7,12,14H,4,8H2,1-3H3. The maximum absolute atomic E-state index is 5.44. The van der Waals surface area contributed by atoms with Crippen LogP contribution < -0.4 is 5.32 Å². The SMILES string of the molecule is CCOCC(NC)c1cc(C)cc(Br)c1. The molecule has 15 heavy (non-hydrogen) atoms. The summed E-state index contributed by atoms with van der Waals surface area (Å²) in [4.78, 5) is 0. The molecule has 0 radical (unpaired) electrons. The van der Waals surface area contributed by atoms with E-state index in [9.17, 15) is 0 Å². The van der Waals surface area contributed by atoms with Crippen molar-refractivity contribution in [2.24, 2.45) is 0 Å². The normalized spacial score (nSPS) is 12.8. The third kappa shape index (κ3) is 3.93. The third-order valence-electron chi connectivity index (χ3n) is 2.30. The highest BCUT2D eigenvalue weighted by Gasteiger charge is 2.09. The van der Waals surface area contributed by atoms with Gasteiger partial charge in [0.15, 0.2) is 0 Å². The fourth-order valence-corrected chi connectivity index (χ4v) is 2.17. The summed E-state index contributed by atoms with van der Waals surface area (Å²) in [5.74, 6) is 0. The molecule has 0 spiro atoms. The van der Waals surface area contributed by atoms with Crippen molar-refractivity contribution in [3.05, 3.63) is 33.8 Å². The van der Waals surface area contributed by atoms with E-state index in [4.69, 9.17) is 4.74 Å². The van der Waals surface area contributed by atoms with Crippen molar-refractivity contribution in [2.45, 2.75) is 19.9 Å². The van der Waals surface area contributed by atoms with Gasteiger partial charge in [0.05, 0.1) is 12.6 Å². The number of nitrogens with one attached hydrogen (secondary N) is 1. The molecule has 0 saturated heterocycles. The molecule has 0 saturated carbocycles. The predicted molar refractivity (Wildman–Crippen MR) is 67.2 cm³/mol. The number of benzene rings is 1. The van der Waals surface area contributed by atoms with Crippen LogP contribution in [0.2, 0.25) is 0 Å². The zero-order valence-corrected chi connectivity index (χ0v) is 11.1. The van der Waals surface area contributed by atoms with Gasteiger partial charge in [0.1, 0.15) is 0 Å². The van der Waals surface area contributed by atoms with Gasteiger partial charge in [-0.05, 0) is 44.2 Å². The average molecular weight is 272 g/mol. The van der Waals surface area contributed by atoms with Crippen LogP contribution in [0, 0.1) is 6.92 Å². The summed E-state index contributed by atoms with van der Waals surface area (Å²) < 4.78 is 6.56. The fraction of sp³-hybridized carbons (Fsp3) is 0.500. The minimum Gasteiger partial charge on any atom is -0.380 e. The highest BCUT2D eigenvalue weighted by molar-refractivity contribution is 9.10. The van der Waals surface area contributed by atoms with E-state index in [2.05, 4.69) is 46.4 Å². The molecule has 1 N–H and O–H groups in total. The molecule has 1 aromatic carbocycles. The molecule has 84 valence electrons. The number of hydrogen-bond donors (Lipinski definition) is 1. The lowest BCUT2D eigenvalue weighted by molar-refractivity contribution is 0.125. The summed E-state index contributed by atoms with van der Waals surface area (Å²) in [5, 5.41) is 3.26. The van der Waals surface area contributed by atoms with Crippen molar-refractivity contribution in [3.8, 4) is 0 Å². The molecule has 0 aliphatic carbocycles. The largest absolute Gasteiger partial charge is 0.380 e. The lowest BCUT2D eigenvalue weighted by Gasteiger charge is -2.17. The molecule has 0 fully saturated rings. The van der Waals surface area contributed by atoms with Gasteiger partial charge >= 0.3 is 0 Å². The molecular formula is C12H18BrNO. The quantitative estimate of drug-likeness (QED) is 0.889. The van der Waals surface area contributed by atoms with Crippen molar-refractivity contribution in [1.82, 2.24) is 5.32 Å². The fourth-order valence-electron chi connectivity index (χ4n) is 1.55. The van der Waals surface area contributed by atoms with Gasteiger partial charge in [0.25, 0.3) is 0 Å². The first-order chi connectivity index (χ1) is 7.17. The van der Waals surface area contributed by atoms with Crippen LogP contribution in [0.4, 0.5) is 0 Å². The summed E-state index contributed by atoms with van der Waals surface area (Å²) >= 11 is 3.51. The van der Waals surface area contributed by atoms with Crippen LogP contribution in [0.25, 0.3) is 0 Å². The molecule has 3 heteroatoms. The molecule has 0 bridgehead atoms. The molecule has 1 unspecified atom stereocenters. The van der Waals surface area contributed by atoms with Crippen LogP contribution in [0.1, 0.15) is 24.1 Å². The molecular weight excluding hydrogens is 254 g/mol. The van der Waals surface area contributed by atoms with Crippen LogP contribution in [0.5, 0.6) is 0 Å². The monoisotopic (exact) mass is 271 g/mol. The Bertz CT molecular complexity index is 294. The van der Waals surface area contributed by atoms with Gasteiger partial charge in [0, 0.05) is 11.1 Å². The lowest BCUT2D eigenvalue weighted by Crippen LogP contribution is -2.21. The first-order valence-electron chi connectivity index (χ1n) is 5.19. The van der Waals surface area contributed by atoms with Gasteiger partial charge < -0.3 is 10.1 Å². The molecule has 0 aliphatic heterocycles. The van der Waals surface area contributed by atoms with Gasteiger partial charge in [-0.15, -0.1) is 0 Å². The minimum absolute atomic E-state index is 0.265. The van der Waals surface area contributed by atoms with E-state index < -0.39 is 0 Å². The Morgan fingerprint density at radius 2 is 2.13 bits per heavy atom. The van der Waals surface area contributed by atoms with Crippen LogP contribution in [0.3, 0.4) is 0 Å². The number of aryl methyl sites for hydroxylation is 1. The molecule has 1 atom stereocenters. The Morgan fingerprint density at radius 3 is 2.67 bits per heavy atom. The molecule has 2 nitrogen and oxygen atoms in total. The van der Waals surface area contributed by atoms with E-state index in [1.165, 1.54) is 11.1 Å². The molecule has 1 rings (SSSR count). The Kier molecular flexibility index (Phi) is 5.29. The van der Waals surface area contributed by atoms with Crippen LogP contribution >= 0.6 is 15.9 Å². The Balaban J connectivity index is 2.81. The van der Waals surface area contributed by atoms with E-state index >= 15 is 0 Å². The number of hydrogen-bond acceptors (Lipinski definition) is 2. The van der Waals surface area contributed by atoms with Crippen molar-refractivity contribution >= 4 is 15.9 Å². The summed E-state index contributed by atoms with van der Waals surface area (Å²) in [5.41, 5.74) is 2.52. The predicted octanol–water partition coefficient (Wildman–Crippen LogP) is 3.05. The summed E-state index contributed by atoms with van der Waals surface area (Å²) in [6, 6.07) is 6.69. The van der Waals surface area contributed by atoms with Gasteiger partial charge in [-0.3, -0.25) is 0 Å². The Morgan fingerprint density at radius 1 is 1.40 bits per heavy atom. The van der Waals surface area contributed by atoms with Crippen molar-refractivity contribution in [2.75, 3.05) is 20.3 Å². The average Bonchev–Trinajstić information content (AvgIpc) is 2.17. The van der Waals surface area contributed by atoms with Gasteiger partial charge in [-0.1, -0.05) is 22.0 Å². The van der Waals surface area contributed by atoms with E-state index in [0.29, 0.717) is 6.61 Å². The highest BCUT2D eigenvalue weighted by Crippen LogP contribution is 2.20. The van der Waals surface area contributed by atoms with Gasteiger partial charge in [0.2, 0.25) is 0 Å². The van der Waals surface area contributed by atoms with Crippen LogP contribution in [0.15, 0.2) is 22.7 Å². The second kappa shape index (κ2) is 6.26. The zero-order chi connectivity index (χ0) is 11.3. The summed E-state index contributed by atoms with van der Waals surface area (Å²) in [7, 11) is 1.96. The van der Waals surface area contributed by atoms with E-state index in [-0.39, 0.29) is 6.04 Å². The number of ether oxygens (including phenoxy) is 1. The Hall–Kier alpha value is -0.380. The number of halogens is 1. The second-order valence-corrected chi connectivity index (χ2v) is 4.48. The van der Waals surface area contributed by atoms with E-state index in [0.717, 1.165) is 11.1 Å². The molecule has 0 aliphatic rings. The molecule has 0 heterocycles. The molecule has 0 aromatic heterocycles. The number of rotatable bonds is 5. The maximum Gasteiger partial charge on any atom is 0.0661 e. The maximum atomic E-state index is 5.44. The Labute approximate surface area is 100 Å². The van der Waals surface area contributed by atoms with Gasteiger partial charge in [-0.2, -0.15) is 0 Å². The summed E-state index contributed by atoms with van der Waals surface area (Å²) in [6.07, 6.45) is 0. The molecule has 1 aromatic rings. The number of likely N-dealkylation sites (N-methyl/N-ethyl adjacent to an activating group) is 1. The lowest BCUT2D eigenvalue weighted by atomic mass is 10.1.